The summed E-state index contributed by atoms with van der Waals surface area (Å²) < 4.78 is 5.44. The van der Waals surface area contributed by atoms with Crippen molar-refractivity contribution in [2.75, 3.05) is 13.2 Å². The van der Waals surface area contributed by atoms with Crippen LogP contribution in [0.15, 0.2) is 24.3 Å². The summed E-state index contributed by atoms with van der Waals surface area (Å²) in [6, 6.07) is 8.23. The van der Waals surface area contributed by atoms with Crippen molar-refractivity contribution in [3.05, 3.63) is 34.9 Å². The molecule has 2 nitrogen and oxygen atoms in total. The highest BCUT2D eigenvalue weighted by Gasteiger charge is 2.22. The Hall–Kier alpha value is -0.570. The van der Waals surface area contributed by atoms with Crippen LogP contribution in [0.25, 0.3) is 0 Å². The summed E-state index contributed by atoms with van der Waals surface area (Å²) in [7, 11) is 0. The summed E-state index contributed by atoms with van der Waals surface area (Å²) in [6.45, 7) is 1.57. The van der Waals surface area contributed by atoms with Gasteiger partial charge in [0, 0.05) is 23.6 Å². The highest BCUT2D eigenvalue weighted by Crippen LogP contribution is 2.20. The third-order valence-corrected chi connectivity index (χ3v) is 3.15. The van der Waals surface area contributed by atoms with E-state index in [1.54, 1.807) is 0 Å². The molecule has 3 heteroatoms. The molecule has 0 spiro atoms. The van der Waals surface area contributed by atoms with Gasteiger partial charge in [0.1, 0.15) is 0 Å². The maximum atomic E-state index is 6.05. The first-order chi connectivity index (χ1) is 7.25. The summed E-state index contributed by atoms with van der Waals surface area (Å²) >= 11 is 5.94. The topological polar surface area (TPSA) is 35.2 Å². The zero-order chi connectivity index (χ0) is 10.7. The molecule has 1 aliphatic heterocycles. The van der Waals surface area contributed by atoms with Crippen molar-refractivity contribution in [1.82, 2.24) is 0 Å². The Balaban J connectivity index is 2.01. The van der Waals surface area contributed by atoms with Crippen molar-refractivity contribution < 1.29 is 4.74 Å². The largest absolute Gasteiger partial charge is 0.381 e. The van der Waals surface area contributed by atoms with Gasteiger partial charge in [-0.15, -0.1) is 0 Å². The number of benzene rings is 1. The lowest BCUT2D eigenvalue weighted by molar-refractivity contribution is 0.0422. The Morgan fingerprint density at radius 1 is 1.47 bits per heavy atom. The molecule has 0 radical (unpaired) electrons. The molecule has 1 aliphatic rings. The molecule has 1 saturated heterocycles. The van der Waals surface area contributed by atoms with Gasteiger partial charge in [-0.1, -0.05) is 23.7 Å². The quantitative estimate of drug-likeness (QED) is 0.838. The first kappa shape index (κ1) is 10.9. The van der Waals surface area contributed by atoms with Gasteiger partial charge in [-0.3, -0.25) is 0 Å². The molecular weight excluding hydrogens is 210 g/mol. The maximum absolute atomic E-state index is 6.05. The number of rotatable bonds is 2. The average Bonchev–Trinajstić information content (AvgIpc) is 2.22. The van der Waals surface area contributed by atoms with E-state index in [4.69, 9.17) is 22.1 Å². The van der Waals surface area contributed by atoms with Crippen LogP contribution in [0, 0.1) is 5.92 Å². The Morgan fingerprint density at radius 2 is 2.33 bits per heavy atom. The number of ether oxygens (including phenoxy) is 1. The van der Waals surface area contributed by atoms with Gasteiger partial charge in [0.05, 0.1) is 6.61 Å². The second kappa shape index (κ2) is 4.97. The van der Waals surface area contributed by atoms with Crippen molar-refractivity contribution >= 4 is 11.6 Å². The molecule has 0 aliphatic carbocycles. The van der Waals surface area contributed by atoms with Crippen LogP contribution in [0.4, 0.5) is 0 Å². The van der Waals surface area contributed by atoms with Gasteiger partial charge < -0.3 is 10.5 Å². The standard InChI is InChI=1S/C12H16ClNO/c13-11-3-1-2-9(7-11)6-10-8-15-5-4-12(10)14/h1-3,7,10,12H,4-6,8,14H2. The zero-order valence-electron chi connectivity index (χ0n) is 8.66. The van der Waals surface area contributed by atoms with Gasteiger partial charge in [0.2, 0.25) is 0 Å². The molecule has 0 aromatic heterocycles. The highest BCUT2D eigenvalue weighted by atomic mass is 35.5. The van der Waals surface area contributed by atoms with Crippen LogP contribution in [0.5, 0.6) is 0 Å². The lowest BCUT2D eigenvalue weighted by atomic mass is 9.90. The summed E-state index contributed by atoms with van der Waals surface area (Å²) in [5.41, 5.74) is 7.30. The Morgan fingerprint density at radius 3 is 3.07 bits per heavy atom. The number of hydrogen-bond donors (Lipinski definition) is 1. The normalized spacial score (nSPS) is 26.5. The van der Waals surface area contributed by atoms with E-state index in [0.29, 0.717) is 5.92 Å². The van der Waals surface area contributed by atoms with Crippen LogP contribution in [0.2, 0.25) is 5.02 Å². The molecule has 2 unspecified atom stereocenters. The maximum Gasteiger partial charge on any atom is 0.0512 e. The predicted molar refractivity (Wildman–Crippen MR) is 62.1 cm³/mol. The van der Waals surface area contributed by atoms with Crippen LogP contribution >= 0.6 is 11.6 Å². The molecule has 1 aromatic rings. The minimum Gasteiger partial charge on any atom is -0.381 e. The van der Waals surface area contributed by atoms with E-state index >= 15 is 0 Å². The van der Waals surface area contributed by atoms with Crippen LogP contribution in [-0.2, 0) is 11.2 Å². The Kier molecular flexibility index (Phi) is 3.62. The molecule has 82 valence electrons. The van der Waals surface area contributed by atoms with E-state index in [9.17, 15) is 0 Å². The van der Waals surface area contributed by atoms with Gasteiger partial charge in [-0.05, 0) is 30.5 Å². The van der Waals surface area contributed by atoms with Gasteiger partial charge in [0.25, 0.3) is 0 Å². The van der Waals surface area contributed by atoms with Crippen LogP contribution in [0.1, 0.15) is 12.0 Å². The molecule has 2 atom stereocenters. The first-order valence-electron chi connectivity index (χ1n) is 5.33. The van der Waals surface area contributed by atoms with E-state index in [-0.39, 0.29) is 6.04 Å². The van der Waals surface area contributed by atoms with Crippen molar-refractivity contribution in [1.29, 1.82) is 0 Å². The molecular formula is C12H16ClNO. The fourth-order valence-corrected chi connectivity index (χ4v) is 2.20. The number of nitrogens with two attached hydrogens (primary N) is 1. The molecule has 0 saturated carbocycles. The predicted octanol–water partition coefficient (Wildman–Crippen LogP) is 2.25. The first-order valence-corrected chi connectivity index (χ1v) is 5.71. The SMILES string of the molecule is NC1CCOCC1Cc1cccc(Cl)c1. The minimum atomic E-state index is 0.262. The summed E-state index contributed by atoms with van der Waals surface area (Å²) in [5, 5.41) is 0.790. The summed E-state index contributed by atoms with van der Waals surface area (Å²) in [5.74, 6) is 0.428. The van der Waals surface area contributed by atoms with Gasteiger partial charge in [0.15, 0.2) is 0 Å². The fraction of sp³-hybridized carbons (Fsp3) is 0.500. The lowest BCUT2D eigenvalue weighted by Gasteiger charge is -2.28. The second-order valence-corrected chi connectivity index (χ2v) is 4.56. The molecule has 2 N–H and O–H groups in total. The number of halogens is 1. The van der Waals surface area contributed by atoms with E-state index in [0.717, 1.165) is 31.1 Å². The fourth-order valence-electron chi connectivity index (χ4n) is 1.99. The molecule has 15 heavy (non-hydrogen) atoms. The van der Waals surface area contributed by atoms with Crippen molar-refractivity contribution in [2.45, 2.75) is 18.9 Å². The van der Waals surface area contributed by atoms with Crippen LogP contribution in [0.3, 0.4) is 0 Å². The zero-order valence-corrected chi connectivity index (χ0v) is 9.41. The van der Waals surface area contributed by atoms with E-state index in [1.807, 2.05) is 18.2 Å². The monoisotopic (exact) mass is 225 g/mol. The smallest absolute Gasteiger partial charge is 0.0512 e. The average molecular weight is 226 g/mol. The Bertz CT molecular complexity index is 329. The van der Waals surface area contributed by atoms with Crippen LogP contribution in [-0.4, -0.2) is 19.3 Å². The van der Waals surface area contributed by atoms with Crippen LogP contribution < -0.4 is 5.73 Å². The van der Waals surface area contributed by atoms with E-state index in [2.05, 4.69) is 6.07 Å². The third kappa shape index (κ3) is 2.94. The second-order valence-electron chi connectivity index (χ2n) is 4.12. The lowest BCUT2D eigenvalue weighted by Crippen LogP contribution is -2.39. The molecule has 1 aromatic carbocycles. The van der Waals surface area contributed by atoms with Crippen molar-refractivity contribution in [2.24, 2.45) is 11.7 Å². The molecule has 1 fully saturated rings. The van der Waals surface area contributed by atoms with E-state index < -0.39 is 0 Å². The van der Waals surface area contributed by atoms with E-state index in [1.165, 1.54) is 5.56 Å². The Labute approximate surface area is 95.4 Å². The molecule has 2 rings (SSSR count). The molecule has 0 amide bonds. The van der Waals surface area contributed by atoms with Gasteiger partial charge >= 0.3 is 0 Å². The van der Waals surface area contributed by atoms with Gasteiger partial charge in [-0.25, -0.2) is 0 Å². The summed E-state index contributed by atoms with van der Waals surface area (Å²) in [6.07, 6.45) is 1.92. The highest BCUT2D eigenvalue weighted by molar-refractivity contribution is 6.30. The summed E-state index contributed by atoms with van der Waals surface area (Å²) in [4.78, 5) is 0. The van der Waals surface area contributed by atoms with Crippen molar-refractivity contribution in [3.8, 4) is 0 Å². The molecule has 0 bridgehead atoms. The third-order valence-electron chi connectivity index (χ3n) is 2.92. The molecule has 1 heterocycles. The van der Waals surface area contributed by atoms with Gasteiger partial charge in [-0.2, -0.15) is 0 Å². The number of hydrogen-bond acceptors (Lipinski definition) is 2. The minimum absolute atomic E-state index is 0.262. The van der Waals surface area contributed by atoms with Crippen molar-refractivity contribution in [3.63, 3.8) is 0 Å².